The smallest absolute Gasteiger partial charge is 0.139 e. The van der Waals surface area contributed by atoms with Gasteiger partial charge in [0.25, 0.3) is 0 Å². The fraction of sp³-hybridized carbons (Fsp3) is 0.714. The molecule has 0 radical (unpaired) electrons. The van der Waals surface area contributed by atoms with Crippen LogP contribution in [-0.2, 0) is 0 Å². The molecule has 1 aromatic carbocycles. The second kappa shape index (κ2) is 14.2. The number of thioether (sulfide) groups is 1. The summed E-state index contributed by atoms with van der Waals surface area (Å²) in [5, 5.41) is 0. The van der Waals surface area contributed by atoms with Crippen LogP contribution in [0.5, 0.6) is 17.2 Å². The van der Waals surface area contributed by atoms with E-state index in [9.17, 15) is 0 Å². The highest BCUT2D eigenvalue weighted by Crippen LogP contribution is 2.41. The largest absolute Gasteiger partial charge is 0.496 e. The number of ether oxygens (including phenoxy) is 3. The monoisotopic (exact) mass is 368 g/mol. The van der Waals surface area contributed by atoms with Crippen molar-refractivity contribution in [2.45, 2.75) is 76.0 Å². The molecule has 0 aliphatic carbocycles. The van der Waals surface area contributed by atoms with Gasteiger partial charge < -0.3 is 14.2 Å². The molecule has 0 heterocycles. The molecule has 1 aromatic rings. The second-order valence-electron chi connectivity index (χ2n) is 6.39. The van der Waals surface area contributed by atoms with Crippen LogP contribution in [0, 0.1) is 0 Å². The minimum atomic E-state index is 0.761. The molecule has 0 bridgehead atoms. The van der Waals surface area contributed by atoms with Gasteiger partial charge in [0.1, 0.15) is 17.2 Å². The summed E-state index contributed by atoms with van der Waals surface area (Å²) in [6.45, 7) is 2.27. The molecule has 0 saturated heterocycles. The lowest BCUT2D eigenvalue weighted by molar-refractivity contribution is 0.361. The van der Waals surface area contributed by atoms with Gasteiger partial charge >= 0.3 is 0 Å². The Kier molecular flexibility index (Phi) is 12.5. The van der Waals surface area contributed by atoms with E-state index in [1.165, 1.54) is 64.2 Å². The van der Waals surface area contributed by atoms with Crippen molar-refractivity contribution in [3.05, 3.63) is 12.1 Å². The summed E-state index contributed by atoms with van der Waals surface area (Å²) < 4.78 is 16.3. The van der Waals surface area contributed by atoms with Gasteiger partial charge in [-0.3, -0.25) is 0 Å². The van der Waals surface area contributed by atoms with Crippen LogP contribution in [0.3, 0.4) is 0 Å². The van der Waals surface area contributed by atoms with Crippen LogP contribution in [0.15, 0.2) is 17.0 Å². The zero-order chi connectivity index (χ0) is 18.3. The first-order valence-electron chi connectivity index (χ1n) is 9.69. The third-order valence-corrected chi connectivity index (χ3v) is 5.60. The van der Waals surface area contributed by atoms with Crippen molar-refractivity contribution in [1.29, 1.82) is 0 Å². The predicted molar refractivity (Wildman–Crippen MR) is 109 cm³/mol. The molecule has 0 fully saturated rings. The van der Waals surface area contributed by atoms with Crippen molar-refractivity contribution in [3.8, 4) is 17.2 Å². The summed E-state index contributed by atoms with van der Waals surface area (Å²) in [5.41, 5.74) is 0. The van der Waals surface area contributed by atoms with Gasteiger partial charge in [0.05, 0.1) is 26.2 Å². The maximum Gasteiger partial charge on any atom is 0.139 e. The molecule has 0 aliphatic heterocycles. The van der Waals surface area contributed by atoms with E-state index < -0.39 is 0 Å². The van der Waals surface area contributed by atoms with Gasteiger partial charge in [-0.15, -0.1) is 11.8 Å². The average molecular weight is 369 g/mol. The highest BCUT2D eigenvalue weighted by molar-refractivity contribution is 7.99. The van der Waals surface area contributed by atoms with Gasteiger partial charge in [-0.2, -0.15) is 0 Å². The fourth-order valence-corrected chi connectivity index (χ4v) is 4.00. The van der Waals surface area contributed by atoms with Gasteiger partial charge in [0.2, 0.25) is 0 Å². The molecular weight excluding hydrogens is 332 g/mol. The Bertz CT molecular complexity index is 437. The van der Waals surface area contributed by atoms with Crippen molar-refractivity contribution in [1.82, 2.24) is 0 Å². The number of methoxy groups -OCH3 is 3. The normalized spacial score (nSPS) is 10.7. The molecule has 0 spiro atoms. The molecular formula is C21H36O3S. The Labute approximate surface area is 158 Å². The van der Waals surface area contributed by atoms with Crippen LogP contribution in [0.2, 0.25) is 0 Å². The van der Waals surface area contributed by atoms with Crippen molar-refractivity contribution in [2.24, 2.45) is 0 Å². The topological polar surface area (TPSA) is 27.7 Å². The van der Waals surface area contributed by atoms with Gasteiger partial charge in [0.15, 0.2) is 0 Å². The van der Waals surface area contributed by atoms with Crippen LogP contribution in [0.25, 0.3) is 0 Å². The third kappa shape index (κ3) is 8.75. The van der Waals surface area contributed by atoms with Crippen molar-refractivity contribution >= 4 is 11.8 Å². The number of hydrogen-bond donors (Lipinski definition) is 0. The van der Waals surface area contributed by atoms with E-state index in [1.807, 2.05) is 23.9 Å². The maximum absolute atomic E-state index is 5.50. The molecule has 1 rings (SSSR count). The number of unbranched alkanes of at least 4 members (excludes halogenated alkanes) is 9. The van der Waals surface area contributed by atoms with E-state index in [1.54, 1.807) is 21.3 Å². The third-order valence-electron chi connectivity index (χ3n) is 4.41. The Morgan fingerprint density at radius 1 is 0.680 bits per heavy atom. The first-order valence-corrected chi connectivity index (χ1v) is 10.7. The van der Waals surface area contributed by atoms with E-state index in [0.29, 0.717) is 0 Å². The summed E-state index contributed by atoms with van der Waals surface area (Å²) in [4.78, 5) is 1.07. The van der Waals surface area contributed by atoms with Crippen LogP contribution in [0.1, 0.15) is 71.1 Å². The first-order chi connectivity index (χ1) is 12.3. The highest BCUT2D eigenvalue weighted by Gasteiger charge is 2.13. The lowest BCUT2D eigenvalue weighted by atomic mass is 10.1. The molecule has 0 aromatic heterocycles. The molecule has 0 amide bonds. The zero-order valence-corrected chi connectivity index (χ0v) is 17.4. The Morgan fingerprint density at radius 3 is 1.60 bits per heavy atom. The van der Waals surface area contributed by atoms with Crippen LogP contribution in [0.4, 0.5) is 0 Å². The highest BCUT2D eigenvalue weighted by atomic mass is 32.2. The Hall–Kier alpha value is -1.03. The summed E-state index contributed by atoms with van der Waals surface area (Å²) in [6.07, 6.45) is 13.7. The van der Waals surface area contributed by atoms with Crippen molar-refractivity contribution in [3.63, 3.8) is 0 Å². The molecule has 0 aliphatic rings. The summed E-state index contributed by atoms with van der Waals surface area (Å²) in [6, 6.07) is 3.84. The van der Waals surface area contributed by atoms with Gasteiger partial charge in [-0.1, -0.05) is 64.7 Å². The summed E-state index contributed by atoms with van der Waals surface area (Å²) in [7, 11) is 5.04. The number of rotatable bonds is 15. The lowest BCUT2D eigenvalue weighted by Crippen LogP contribution is -1.95. The van der Waals surface area contributed by atoms with E-state index in [4.69, 9.17) is 14.2 Å². The van der Waals surface area contributed by atoms with Crippen LogP contribution in [-0.4, -0.2) is 27.1 Å². The Balaban J connectivity index is 2.23. The van der Waals surface area contributed by atoms with Crippen molar-refractivity contribution in [2.75, 3.05) is 27.1 Å². The first kappa shape index (κ1) is 22.0. The standard InChI is InChI=1S/C21H36O3S/c1-5-6-7-8-9-10-11-12-13-14-15-25-21-19(23-3)16-18(22-2)17-20(21)24-4/h16-17H,5-15H2,1-4H3. The van der Waals surface area contributed by atoms with Crippen LogP contribution < -0.4 is 14.2 Å². The predicted octanol–water partition coefficient (Wildman–Crippen LogP) is 6.73. The fourth-order valence-electron chi connectivity index (χ4n) is 2.88. The molecule has 25 heavy (non-hydrogen) atoms. The van der Waals surface area contributed by atoms with Gasteiger partial charge in [0, 0.05) is 12.1 Å². The molecule has 0 unspecified atom stereocenters. The van der Waals surface area contributed by atoms with E-state index >= 15 is 0 Å². The SMILES string of the molecule is CCCCCCCCCCCCSc1c(OC)cc(OC)cc1OC. The van der Waals surface area contributed by atoms with E-state index in [-0.39, 0.29) is 0 Å². The average Bonchev–Trinajstić information content (AvgIpc) is 2.65. The summed E-state index contributed by atoms with van der Waals surface area (Å²) >= 11 is 1.81. The molecule has 4 heteroatoms. The zero-order valence-electron chi connectivity index (χ0n) is 16.6. The van der Waals surface area contributed by atoms with Gasteiger partial charge in [-0.05, 0) is 12.2 Å². The maximum atomic E-state index is 5.50. The van der Waals surface area contributed by atoms with E-state index in [0.717, 1.165) is 27.9 Å². The molecule has 0 N–H and O–H groups in total. The van der Waals surface area contributed by atoms with Crippen molar-refractivity contribution < 1.29 is 14.2 Å². The van der Waals surface area contributed by atoms with E-state index in [2.05, 4.69) is 6.92 Å². The Morgan fingerprint density at radius 2 is 1.16 bits per heavy atom. The number of benzene rings is 1. The lowest BCUT2D eigenvalue weighted by Gasteiger charge is -2.14. The molecule has 3 nitrogen and oxygen atoms in total. The molecule has 0 atom stereocenters. The minimum Gasteiger partial charge on any atom is -0.496 e. The number of hydrogen-bond acceptors (Lipinski definition) is 4. The summed E-state index contributed by atoms with van der Waals surface area (Å²) in [5.74, 6) is 3.51. The second-order valence-corrected chi connectivity index (χ2v) is 7.50. The minimum absolute atomic E-state index is 0.761. The van der Waals surface area contributed by atoms with Gasteiger partial charge in [-0.25, -0.2) is 0 Å². The quantitative estimate of drug-likeness (QED) is 0.253. The van der Waals surface area contributed by atoms with Crippen LogP contribution >= 0.6 is 11.8 Å². The molecule has 0 saturated carbocycles. The molecule has 144 valence electrons.